The number of nitrogens with one attached hydrogen (secondary N) is 1. The summed E-state index contributed by atoms with van der Waals surface area (Å²) >= 11 is 5.86. The Kier molecular flexibility index (Phi) is 4.64. The summed E-state index contributed by atoms with van der Waals surface area (Å²) in [6.45, 7) is 3.67. The highest BCUT2D eigenvalue weighted by Crippen LogP contribution is 2.15. The molecule has 2 heterocycles. The number of rotatable bonds is 2. The molecular formula is C16H20ClN3O2. The summed E-state index contributed by atoms with van der Waals surface area (Å²) in [7, 11) is 0. The van der Waals surface area contributed by atoms with Crippen LogP contribution >= 0.6 is 11.6 Å². The van der Waals surface area contributed by atoms with Crippen LogP contribution in [0.25, 0.3) is 0 Å². The average Bonchev–Trinajstić information content (AvgIpc) is 2.73. The Bertz CT molecular complexity index is 561. The smallest absolute Gasteiger partial charge is 0.237 e. The molecule has 0 radical (unpaired) electrons. The highest BCUT2D eigenvalue weighted by molar-refractivity contribution is 6.30. The van der Waals surface area contributed by atoms with Gasteiger partial charge in [0.25, 0.3) is 0 Å². The van der Waals surface area contributed by atoms with E-state index in [9.17, 15) is 9.59 Å². The van der Waals surface area contributed by atoms with Crippen LogP contribution in [0.3, 0.4) is 0 Å². The van der Waals surface area contributed by atoms with E-state index in [-0.39, 0.29) is 17.9 Å². The van der Waals surface area contributed by atoms with E-state index in [0.717, 1.165) is 18.7 Å². The molecule has 2 aliphatic heterocycles. The van der Waals surface area contributed by atoms with E-state index in [1.807, 2.05) is 17.0 Å². The lowest BCUT2D eigenvalue weighted by Gasteiger charge is -2.32. The molecule has 0 saturated carbocycles. The second kappa shape index (κ2) is 6.67. The zero-order valence-electron chi connectivity index (χ0n) is 12.4. The highest BCUT2D eigenvalue weighted by Gasteiger charge is 2.33. The maximum Gasteiger partial charge on any atom is 0.237 e. The Morgan fingerprint density at radius 3 is 2.73 bits per heavy atom. The molecule has 2 amide bonds. The van der Waals surface area contributed by atoms with Gasteiger partial charge < -0.3 is 10.2 Å². The molecule has 6 heteroatoms. The Balaban J connectivity index is 1.61. The van der Waals surface area contributed by atoms with Gasteiger partial charge in [-0.1, -0.05) is 23.7 Å². The third kappa shape index (κ3) is 3.42. The first kappa shape index (κ1) is 15.3. The molecule has 1 unspecified atom stereocenters. The summed E-state index contributed by atoms with van der Waals surface area (Å²) in [5.41, 5.74) is 0.967. The molecule has 118 valence electrons. The first-order valence-electron chi connectivity index (χ1n) is 7.67. The van der Waals surface area contributed by atoms with Crippen molar-refractivity contribution < 1.29 is 9.59 Å². The topological polar surface area (TPSA) is 52.7 Å². The quantitative estimate of drug-likeness (QED) is 0.881. The summed E-state index contributed by atoms with van der Waals surface area (Å²) in [5.74, 6) is 0.209. The minimum absolute atomic E-state index is 0.0814. The molecule has 0 aliphatic carbocycles. The number of carbonyl (C=O) groups is 2. The first-order chi connectivity index (χ1) is 10.6. The van der Waals surface area contributed by atoms with Crippen molar-refractivity contribution in [1.82, 2.24) is 15.1 Å². The van der Waals surface area contributed by atoms with E-state index in [1.54, 1.807) is 12.1 Å². The predicted octanol–water partition coefficient (Wildman–Crippen LogP) is 0.915. The van der Waals surface area contributed by atoms with E-state index < -0.39 is 0 Å². The molecule has 3 rings (SSSR count). The SMILES string of the molecule is O=C1NCCN2CCN(C(=O)Cc3ccc(Cl)cc3)CCC12. The lowest BCUT2D eigenvalue weighted by Crippen LogP contribution is -2.55. The fourth-order valence-corrected chi connectivity index (χ4v) is 3.25. The number of halogens is 1. The van der Waals surface area contributed by atoms with Crippen LogP contribution in [0.4, 0.5) is 0 Å². The third-order valence-electron chi connectivity index (χ3n) is 4.39. The van der Waals surface area contributed by atoms with Gasteiger partial charge in [0.2, 0.25) is 11.8 Å². The van der Waals surface area contributed by atoms with Crippen molar-refractivity contribution in [2.45, 2.75) is 18.9 Å². The Morgan fingerprint density at radius 2 is 1.95 bits per heavy atom. The number of hydrogen-bond donors (Lipinski definition) is 1. The average molecular weight is 322 g/mol. The summed E-state index contributed by atoms with van der Waals surface area (Å²) in [6.07, 6.45) is 1.09. The number of amides is 2. The van der Waals surface area contributed by atoms with Crippen LogP contribution in [-0.2, 0) is 16.0 Å². The molecule has 1 aromatic carbocycles. The van der Waals surface area contributed by atoms with E-state index in [4.69, 9.17) is 11.6 Å². The molecule has 0 spiro atoms. The van der Waals surface area contributed by atoms with Crippen LogP contribution in [0, 0.1) is 0 Å². The zero-order chi connectivity index (χ0) is 15.5. The Hall–Kier alpha value is -1.59. The van der Waals surface area contributed by atoms with Crippen LogP contribution in [0.2, 0.25) is 5.02 Å². The number of fused-ring (bicyclic) bond motifs is 1. The summed E-state index contributed by atoms with van der Waals surface area (Å²) < 4.78 is 0. The molecule has 2 fully saturated rings. The predicted molar refractivity (Wildman–Crippen MR) is 84.7 cm³/mol. The minimum Gasteiger partial charge on any atom is -0.353 e. The van der Waals surface area contributed by atoms with Crippen molar-refractivity contribution in [3.8, 4) is 0 Å². The normalized spacial score (nSPS) is 22.7. The van der Waals surface area contributed by atoms with Gasteiger partial charge in [-0.05, 0) is 24.1 Å². The fraction of sp³-hybridized carbons (Fsp3) is 0.500. The second-order valence-electron chi connectivity index (χ2n) is 5.82. The van der Waals surface area contributed by atoms with Gasteiger partial charge in [0, 0.05) is 37.7 Å². The second-order valence-corrected chi connectivity index (χ2v) is 6.25. The van der Waals surface area contributed by atoms with Crippen molar-refractivity contribution >= 4 is 23.4 Å². The third-order valence-corrected chi connectivity index (χ3v) is 4.64. The van der Waals surface area contributed by atoms with Gasteiger partial charge in [0.1, 0.15) is 0 Å². The van der Waals surface area contributed by atoms with Crippen LogP contribution in [0.1, 0.15) is 12.0 Å². The molecule has 0 bridgehead atoms. The summed E-state index contributed by atoms with van der Waals surface area (Å²) in [4.78, 5) is 28.4. The Labute approximate surface area is 135 Å². The van der Waals surface area contributed by atoms with Crippen molar-refractivity contribution in [3.63, 3.8) is 0 Å². The lowest BCUT2D eigenvalue weighted by molar-refractivity contribution is -0.131. The molecule has 1 N–H and O–H groups in total. The van der Waals surface area contributed by atoms with Gasteiger partial charge in [-0.2, -0.15) is 0 Å². The number of carbonyl (C=O) groups excluding carboxylic acids is 2. The largest absolute Gasteiger partial charge is 0.353 e. The number of nitrogens with zero attached hydrogens (tertiary/aromatic N) is 2. The van der Waals surface area contributed by atoms with Crippen LogP contribution in [-0.4, -0.2) is 60.4 Å². The van der Waals surface area contributed by atoms with E-state index >= 15 is 0 Å². The van der Waals surface area contributed by atoms with Gasteiger partial charge in [0.05, 0.1) is 12.5 Å². The molecule has 1 aromatic rings. The van der Waals surface area contributed by atoms with Crippen LogP contribution in [0.5, 0.6) is 0 Å². The highest BCUT2D eigenvalue weighted by atomic mass is 35.5. The van der Waals surface area contributed by atoms with E-state index in [1.165, 1.54) is 0 Å². The number of piperazine rings is 1. The van der Waals surface area contributed by atoms with Gasteiger partial charge in [-0.3, -0.25) is 14.5 Å². The molecule has 2 aliphatic rings. The standard InChI is InChI=1S/C16H20ClN3O2/c17-13-3-1-12(2-4-13)11-15(21)20-7-5-14-16(22)18-6-8-19(14)9-10-20/h1-4,14H,5-11H2,(H,18,22). The van der Waals surface area contributed by atoms with E-state index in [2.05, 4.69) is 10.2 Å². The maximum atomic E-state index is 12.5. The monoisotopic (exact) mass is 321 g/mol. The van der Waals surface area contributed by atoms with E-state index in [0.29, 0.717) is 37.5 Å². The minimum atomic E-state index is -0.0814. The van der Waals surface area contributed by atoms with Crippen LogP contribution < -0.4 is 5.32 Å². The molecule has 22 heavy (non-hydrogen) atoms. The van der Waals surface area contributed by atoms with Gasteiger partial charge in [0.15, 0.2) is 0 Å². The summed E-state index contributed by atoms with van der Waals surface area (Å²) in [5, 5.41) is 3.58. The molecule has 1 atom stereocenters. The zero-order valence-corrected chi connectivity index (χ0v) is 13.2. The molecule has 0 aromatic heterocycles. The van der Waals surface area contributed by atoms with Gasteiger partial charge in [-0.15, -0.1) is 0 Å². The van der Waals surface area contributed by atoms with Crippen molar-refractivity contribution in [2.24, 2.45) is 0 Å². The summed E-state index contributed by atoms with van der Waals surface area (Å²) in [6, 6.07) is 7.29. The van der Waals surface area contributed by atoms with Crippen molar-refractivity contribution in [1.29, 1.82) is 0 Å². The maximum absolute atomic E-state index is 12.5. The lowest BCUT2D eigenvalue weighted by atomic mass is 10.1. The first-order valence-corrected chi connectivity index (χ1v) is 8.05. The fourth-order valence-electron chi connectivity index (χ4n) is 3.12. The van der Waals surface area contributed by atoms with Gasteiger partial charge in [-0.25, -0.2) is 0 Å². The molecular weight excluding hydrogens is 302 g/mol. The number of benzene rings is 1. The van der Waals surface area contributed by atoms with Crippen LogP contribution in [0.15, 0.2) is 24.3 Å². The molecule has 5 nitrogen and oxygen atoms in total. The van der Waals surface area contributed by atoms with Crippen molar-refractivity contribution in [2.75, 3.05) is 32.7 Å². The number of hydrogen-bond acceptors (Lipinski definition) is 3. The van der Waals surface area contributed by atoms with Gasteiger partial charge >= 0.3 is 0 Å². The Morgan fingerprint density at radius 1 is 1.18 bits per heavy atom. The molecule has 2 saturated heterocycles. The van der Waals surface area contributed by atoms with Crippen molar-refractivity contribution in [3.05, 3.63) is 34.9 Å².